The Kier molecular flexibility index (Phi) is 3.62. The van der Waals surface area contributed by atoms with Crippen LogP contribution in [0.2, 0.25) is 5.02 Å². The number of hydrogen-bond donors (Lipinski definition) is 0. The van der Waals surface area contributed by atoms with E-state index in [4.69, 9.17) is 11.6 Å². The highest BCUT2D eigenvalue weighted by atomic mass is 35.5. The van der Waals surface area contributed by atoms with E-state index in [1.165, 1.54) is 6.07 Å². The lowest BCUT2D eigenvalue weighted by molar-refractivity contribution is 0.612. The Bertz CT molecular complexity index is 630. The van der Waals surface area contributed by atoms with E-state index in [1.807, 2.05) is 24.3 Å². The number of benzene rings is 1. The molecular formula is C16H16ClFN2. The molecule has 2 heterocycles. The number of nitrogens with zero attached hydrogens (tertiary/aromatic N) is 2. The zero-order chi connectivity index (χ0) is 14.1. The Hall–Kier alpha value is -1.61. The molecule has 0 saturated carbocycles. The van der Waals surface area contributed by atoms with Gasteiger partial charge in [-0.05, 0) is 31.4 Å². The lowest BCUT2D eigenvalue weighted by Gasteiger charge is -2.27. The second-order valence-corrected chi connectivity index (χ2v) is 5.57. The highest BCUT2D eigenvalue weighted by Crippen LogP contribution is 2.38. The predicted molar refractivity (Wildman–Crippen MR) is 79.7 cm³/mol. The molecule has 104 valence electrons. The van der Waals surface area contributed by atoms with Crippen molar-refractivity contribution in [1.29, 1.82) is 0 Å². The molecule has 1 aliphatic heterocycles. The molecule has 1 aliphatic rings. The summed E-state index contributed by atoms with van der Waals surface area (Å²) in [6, 6.07) is 9.55. The van der Waals surface area contributed by atoms with Crippen LogP contribution in [0.3, 0.4) is 0 Å². The first kappa shape index (κ1) is 13.4. The van der Waals surface area contributed by atoms with Crippen molar-refractivity contribution in [3.05, 3.63) is 58.5 Å². The van der Waals surface area contributed by atoms with Gasteiger partial charge in [-0.2, -0.15) is 0 Å². The topological polar surface area (TPSA) is 16.1 Å². The summed E-state index contributed by atoms with van der Waals surface area (Å²) in [6.45, 7) is 2.60. The fourth-order valence-corrected chi connectivity index (χ4v) is 3.02. The van der Waals surface area contributed by atoms with Gasteiger partial charge in [0.1, 0.15) is 11.6 Å². The lowest BCUT2D eigenvalue weighted by Crippen LogP contribution is -2.24. The summed E-state index contributed by atoms with van der Waals surface area (Å²) in [5.41, 5.74) is 1.66. The highest BCUT2D eigenvalue weighted by molar-refractivity contribution is 6.31. The molecule has 1 atom stereocenters. The van der Waals surface area contributed by atoms with Crippen molar-refractivity contribution < 1.29 is 4.39 Å². The van der Waals surface area contributed by atoms with Crippen molar-refractivity contribution in [2.75, 3.05) is 11.4 Å². The van der Waals surface area contributed by atoms with Crippen LogP contribution in [0.15, 0.2) is 36.5 Å². The van der Waals surface area contributed by atoms with E-state index in [-0.39, 0.29) is 11.9 Å². The third kappa shape index (κ3) is 2.38. The number of pyridine rings is 1. The third-order valence-corrected chi connectivity index (χ3v) is 4.18. The molecule has 0 amide bonds. The smallest absolute Gasteiger partial charge is 0.131 e. The van der Waals surface area contributed by atoms with Crippen molar-refractivity contribution in [3.63, 3.8) is 0 Å². The number of rotatable bonds is 2. The summed E-state index contributed by atoms with van der Waals surface area (Å²) in [5, 5.41) is 0.761. The van der Waals surface area contributed by atoms with Gasteiger partial charge in [-0.1, -0.05) is 29.8 Å². The van der Waals surface area contributed by atoms with E-state index in [9.17, 15) is 4.39 Å². The summed E-state index contributed by atoms with van der Waals surface area (Å²) in [4.78, 5) is 6.51. The molecule has 0 N–H and O–H groups in total. The number of aromatic nitrogens is 1. The van der Waals surface area contributed by atoms with E-state index in [0.717, 1.165) is 30.0 Å². The normalized spacial score (nSPS) is 18.6. The standard InChI is InChI=1S/C16H16ClFN2/c1-11-10-19-16(9-14(11)18)20-8-4-7-15(20)12-5-2-3-6-13(12)17/h2-3,5-6,9-10,15H,4,7-8H2,1H3. The fourth-order valence-electron chi connectivity index (χ4n) is 2.76. The number of aryl methyl sites for hydroxylation is 1. The molecule has 3 rings (SSSR count). The lowest BCUT2D eigenvalue weighted by atomic mass is 10.0. The molecule has 1 saturated heterocycles. The van der Waals surface area contributed by atoms with E-state index in [1.54, 1.807) is 13.1 Å². The minimum atomic E-state index is -0.209. The van der Waals surface area contributed by atoms with Crippen molar-refractivity contribution in [2.24, 2.45) is 0 Å². The summed E-state index contributed by atoms with van der Waals surface area (Å²) in [5.74, 6) is 0.482. The van der Waals surface area contributed by atoms with Crippen molar-refractivity contribution in [3.8, 4) is 0 Å². The first-order valence-corrected chi connectivity index (χ1v) is 7.18. The van der Waals surface area contributed by atoms with E-state index < -0.39 is 0 Å². The Morgan fingerprint density at radius 2 is 2.15 bits per heavy atom. The second-order valence-electron chi connectivity index (χ2n) is 5.16. The molecule has 20 heavy (non-hydrogen) atoms. The van der Waals surface area contributed by atoms with Crippen LogP contribution in [0.25, 0.3) is 0 Å². The Morgan fingerprint density at radius 1 is 1.35 bits per heavy atom. The van der Waals surface area contributed by atoms with Crippen LogP contribution < -0.4 is 4.90 Å². The number of anilines is 1. The molecule has 0 bridgehead atoms. The SMILES string of the molecule is Cc1cnc(N2CCCC2c2ccccc2Cl)cc1F. The third-order valence-electron chi connectivity index (χ3n) is 3.83. The zero-order valence-electron chi connectivity index (χ0n) is 11.3. The Balaban J connectivity index is 1.96. The molecule has 1 unspecified atom stereocenters. The highest BCUT2D eigenvalue weighted by Gasteiger charge is 2.28. The predicted octanol–water partition coefficient (Wildman–Crippen LogP) is 4.52. The Labute approximate surface area is 123 Å². The average Bonchev–Trinajstić information content (AvgIpc) is 2.91. The van der Waals surface area contributed by atoms with Gasteiger partial charge < -0.3 is 4.90 Å². The van der Waals surface area contributed by atoms with Crippen LogP contribution in [-0.4, -0.2) is 11.5 Å². The van der Waals surface area contributed by atoms with Crippen LogP contribution in [0.4, 0.5) is 10.2 Å². The first-order valence-electron chi connectivity index (χ1n) is 6.80. The largest absolute Gasteiger partial charge is 0.349 e. The quantitative estimate of drug-likeness (QED) is 0.808. The molecule has 1 aromatic carbocycles. The fraction of sp³-hybridized carbons (Fsp3) is 0.312. The van der Waals surface area contributed by atoms with E-state index >= 15 is 0 Å². The molecule has 1 fully saturated rings. The van der Waals surface area contributed by atoms with Gasteiger partial charge in [-0.25, -0.2) is 9.37 Å². The minimum Gasteiger partial charge on any atom is -0.349 e. The minimum absolute atomic E-state index is 0.179. The van der Waals surface area contributed by atoms with Crippen LogP contribution in [0, 0.1) is 12.7 Å². The molecule has 0 spiro atoms. The van der Waals surface area contributed by atoms with Crippen LogP contribution in [-0.2, 0) is 0 Å². The second kappa shape index (κ2) is 5.41. The monoisotopic (exact) mass is 290 g/mol. The zero-order valence-corrected chi connectivity index (χ0v) is 12.1. The van der Waals surface area contributed by atoms with Gasteiger partial charge in [0, 0.05) is 29.4 Å². The van der Waals surface area contributed by atoms with Crippen LogP contribution in [0.1, 0.15) is 30.0 Å². The van der Waals surface area contributed by atoms with Gasteiger partial charge in [0.05, 0.1) is 6.04 Å². The maximum Gasteiger partial charge on any atom is 0.131 e. The molecule has 2 nitrogen and oxygen atoms in total. The van der Waals surface area contributed by atoms with E-state index in [2.05, 4.69) is 9.88 Å². The molecule has 0 aliphatic carbocycles. The van der Waals surface area contributed by atoms with Crippen molar-refractivity contribution >= 4 is 17.4 Å². The van der Waals surface area contributed by atoms with Gasteiger partial charge >= 0.3 is 0 Å². The Morgan fingerprint density at radius 3 is 2.90 bits per heavy atom. The van der Waals surface area contributed by atoms with Crippen LogP contribution in [0.5, 0.6) is 0 Å². The van der Waals surface area contributed by atoms with Crippen molar-refractivity contribution in [1.82, 2.24) is 4.98 Å². The summed E-state index contributed by atoms with van der Waals surface area (Å²) >= 11 is 6.29. The molecule has 2 aromatic rings. The van der Waals surface area contributed by atoms with Gasteiger partial charge in [-0.3, -0.25) is 0 Å². The maximum absolute atomic E-state index is 13.7. The molecule has 0 radical (unpaired) electrons. The molecular weight excluding hydrogens is 275 g/mol. The van der Waals surface area contributed by atoms with Crippen molar-refractivity contribution in [2.45, 2.75) is 25.8 Å². The van der Waals surface area contributed by atoms with Gasteiger partial charge in [0.25, 0.3) is 0 Å². The maximum atomic E-state index is 13.7. The molecule has 4 heteroatoms. The first-order chi connectivity index (χ1) is 9.66. The van der Waals surface area contributed by atoms with Gasteiger partial charge in [0.2, 0.25) is 0 Å². The molecule has 1 aromatic heterocycles. The van der Waals surface area contributed by atoms with Crippen LogP contribution >= 0.6 is 11.6 Å². The number of halogens is 2. The number of hydrogen-bond acceptors (Lipinski definition) is 2. The summed E-state index contributed by atoms with van der Waals surface area (Å²) < 4.78 is 13.7. The van der Waals surface area contributed by atoms with Gasteiger partial charge in [-0.15, -0.1) is 0 Å². The van der Waals surface area contributed by atoms with Gasteiger partial charge in [0.15, 0.2) is 0 Å². The average molecular weight is 291 g/mol. The van der Waals surface area contributed by atoms with E-state index in [0.29, 0.717) is 11.4 Å². The summed E-state index contributed by atoms with van der Waals surface area (Å²) in [6.07, 6.45) is 3.67. The summed E-state index contributed by atoms with van der Waals surface area (Å²) in [7, 11) is 0.